The van der Waals surface area contributed by atoms with Crippen LogP contribution in [-0.4, -0.2) is 11.5 Å². The topological polar surface area (TPSA) is 29.4 Å². The second-order valence-corrected chi connectivity index (χ2v) is 5.21. The number of nitrogens with zero attached hydrogens (tertiary/aromatic N) is 1. The van der Waals surface area contributed by atoms with E-state index in [1.165, 1.54) is 0 Å². The summed E-state index contributed by atoms with van der Waals surface area (Å²) in [6, 6.07) is 21.9. The largest absolute Gasteiger partial charge is 0.294 e. The van der Waals surface area contributed by atoms with Gasteiger partial charge in [0.05, 0.1) is 17.8 Å². The van der Waals surface area contributed by atoms with Gasteiger partial charge >= 0.3 is 0 Å². The summed E-state index contributed by atoms with van der Waals surface area (Å²) >= 11 is 0. The van der Waals surface area contributed by atoms with Gasteiger partial charge in [0.2, 0.25) is 0 Å². The molecule has 0 saturated heterocycles. The monoisotopic (exact) mass is 271 g/mol. The number of hydrogen-bond donors (Lipinski definition) is 0. The quantitative estimate of drug-likeness (QED) is 0.638. The highest BCUT2D eigenvalue weighted by Gasteiger charge is 2.22. The number of aliphatic imine (C=N–C) groups is 1. The van der Waals surface area contributed by atoms with Crippen LogP contribution in [0.4, 0.5) is 5.69 Å². The lowest BCUT2D eigenvalue weighted by Gasteiger charge is -2.16. The minimum absolute atomic E-state index is 0.143. The van der Waals surface area contributed by atoms with Gasteiger partial charge in [0.1, 0.15) is 0 Å². The molecule has 100 valence electrons. The van der Waals surface area contributed by atoms with Gasteiger partial charge in [0.15, 0.2) is 5.78 Å². The lowest BCUT2D eigenvalue weighted by molar-refractivity contribution is 0.1000. The van der Waals surface area contributed by atoms with Crippen molar-refractivity contribution < 1.29 is 4.79 Å². The molecule has 1 aliphatic heterocycles. The van der Waals surface area contributed by atoms with Gasteiger partial charge < -0.3 is 0 Å². The minimum Gasteiger partial charge on any atom is -0.294 e. The number of carbonyl (C=O) groups is 1. The summed E-state index contributed by atoms with van der Waals surface area (Å²) in [7, 11) is 0. The molecule has 0 fully saturated rings. The number of carbonyl (C=O) groups excluding carboxylic acids is 1. The maximum absolute atomic E-state index is 12.4. The first-order chi connectivity index (χ1) is 10.3. The van der Waals surface area contributed by atoms with Crippen molar-refractivity contribution >= 4 is 28.0 Å². The molecule has 0 aromatic heterocycles. The fourth-order valence-electron chi connectivity index (χ4n) is 2.82. The number of Topliss-reactive ketones (excluding diaryl/α,β-unsaturated/α-hetero) is 1. The average molecular weight is 271 g/mol. The second-order valence-electron chi connectivity index (χ2n) is 5.21. The molecular weight excluding hydrogens is 258 g/mol. The first-order valence-electron chi connectivity index (χ1n) is 7.01. The highest BCUT2D eigenvalue weighted by atomic mass is 16.1. The van der Waals surface area contributed by atoms with Crippen LogP contribution in [0, 0.1) is 0 Å². The van der Waals surface area contributed by atoms with Crippen molar-refractivity contribution in [2.45, 2.75) is 6.42 Å². The van der Waals surface area contributed by atoms with Crippen LogP contribution >= 0.6 is 0 Å². The maximum atomic E-state index is 12.4. The summed E-state index contributed by atoms with van der Waals surface area (Å²) in [6.07, 6.45) is 0.370. The third kappa shape index (κ3) is 1.96. The number of fused-ring (bicyclic) bond motifs is 3. The summed E-state index contributed by atoms with van der Waals surface area (Å²) in [5.74, 6) is 0.143. The van der Waals surface area contributed by atoms with Crippen molar-refractivity contribution in [3.63, 3.8) is 0 Å². The Bertz CT molecular complexity index is 878. The number of benzene rings is 3. The van der Waals surface area contributed by atoms with E-state index < -0.39 is 0 Å². The number of hydrogen-bond acceptors (Lipinski definition) is 2. The summed E-state index contributed by atoms with van der Waals surface area (Å²) in [4.78, 5) is 17.2. The number of rotatable bonds is 1. The molecule has 3 aromatic carbocycles. The summed E-state index contributed by atoms with van der Waals surface area (Å²) in [5.41, 5.74) is 3.41. The van der Waals surface area contributed by atoms with Crippen molar-refractivity contribution in [1.29, 1.82) is 0 Å². The molecule has 0 atom stereocenters. The third-order valence-corrected chi connectivity index (χ3v) is 3.88. The van der Waals surface area contributed by atoms with Crippen LogP contribution in [-0.2, 0) is 0 Å². The Morgan fingerprint density at radius 2 is 1.57 bits per heavy atom. The van der Waals surface area contributed by atoms with Crippen LogP contribution in [0.2, 0.25) is 0 Å². The highest BCUT2D eigenvalue weighted by Crippen LogP contribution is 2.34. The lowest BCUT2D eigenvalue weighted by atomic mass is 9.93. The molecule has 0 saturated carbocycles. The van der Waals surface area contributed by atoms with Crippen LogP contribution in [0.15, 0.2) is 71.7 Å². The Balaban J connectivity index is 1.99. The number of ketones is 1. The molecule has 0 unspecified atom stereocenters. The zero-order valence-electron chi connectivity index (χ0n) is 11.4. The molecular formula is C19H13NO. The van der Waals surface area contributed by atoms with Crippen molar-refractivity contribution in [3.8, 4) is 0 Å². The summed E-state index contributed by atoms with van der Waals surface area (Å²) in [5, 5.41) is 2.15. The van der Waals surface area contributed by atoms with E-state index in [9.17, 15) is 4.79 Å². The highest BCUT2D eigenvalue weighted by molar-refractivity contribution is 6.23. The molecule has 0 aliphatic carbocycles. The van der Waals surface area contributed by atoms with E-state index in [1.807, 2.05) is 66.7 Å². The fraction of sp³-hybridized carbons (Fsp3) is 0.0526. The summed E-state index contributed by atoms with van der Waals surface area (Å²) < 4.78 is 0. The van der Waals surface area contributed by atoms with Crippen LogP contribution in [0.1, 0.15) is 22.3 Å². The van der Waals surface area contributed by atoms with E-state index in [2.05, 4.69) is 0 Å². The molecule has 2 heteroatoms. The van der Waals surface area contributed by atoms with Gasteiger partial charge in [-0.25, -0.2) is 0 Å². The van der Waals surface area contributed by atoms with Crippen LogP contribution in [0.5, 0.6) is 0 Å². The first-order valence-corrected chi connectivity index (χ1v) is 7.01. The van der Waals surface area contributed by atoms with E-state index >= 15 is 0 Å². The van der Waals surface area contributed by atoms with Gasteiger partial charge in [-0.3, -0.25) is 9.79 Å². The molecule has 0 spiro atoms. The molecule has 21 heavy (non-hydrogen) atoms. The van der Waals surface area contributed by atoms with Crippen molar-refractivity contribution in [1.82, 2.24) is 0 Å². The molecule has 2 nitrogen and oxygen atoms in total. The smallest absolute Gasteiger partial charge is 0.171 e. The van der Waals surface area contributed by atoms with Gasteiger partial charge in [0.25, 0.3) is 0 Å². The van der Waals surface area contributed by atoms with E-state index in [0.29, 0.717) is 6.42 Å². The zero-order valence-corrected chi connectivity index (χ0v) is 11.4. The van der Waals surface area contributed by atoms with Crippen molar-refractivity contribution in [3.05, 3.63) is 77.9 Å². The van der Waals surface area contributed by atoms with Gasteiger partial charge in [-0.15, -0.1) is 0 Å². The molecule has 4 rings (SSSR count). The Labute approximate surface area is 122 Å². The Morgan fingerprint density at radius 1 is 0.810 bits per heavy atom. The zero-order chi connectivity index (χ0) is 14.2. The standard InChI is InChI=1S/C19H13NO/c21-18-12-17(14-7-2-1-3-8-14)20-19-15-9-5-4-6-13(15)10-11-16(18)19/h1-11H,12H2. The predicted molar refractivity (Wildman–Crippen MR) is 85.5 cm³/mol. The van der Waals surface area contributed by atoms with Gasteiger partial charge in [0, 0.05) is 10.9 Å². The van der Waals surface area contributed by atoms with Gasteiger partial charge in [-0.1, -0.05) is 60.7 Å². The van der Waals surface area contributed by atoms with Crippen LogP contribution in [0.25, 0.3) is 10.8 Å². The molecule has 0 bridgehead atoms. The average Bonchev–Trinajstić information content (AvgIpc) is 2.55. The van der Waals surface area contributed by atoms with Crippen LogP contribution in [0.3, 0.4) is 0 Å². The molecule has 1 heterocycles. The van der Waals surface area contributed by atoms with E-state index in [1.54, 1.807) is 0 Å². The molecule has 1 aliphatic rings. The fourth-order valence-corrected chi connectivity index (χ4v) is 2.82. The third-order valence-electron chi connectivity index (χ3n) is 3.88. The first kappa shape index (κ1) is 12.0. The predicted octanol–water partition coefficient (Wildman–Crippen LogP) is 4.55. The molecule has 0 amide bonds. The SMILES string of the molecule is O=C1CC(c2ccccc2)=Nc2c1ccc1ccccc21. The van der Waals surface area contributed by atoms with E-state index in [4.69, 9.17) is 4.99 Å². The van der Waals surface area contributed by atoms with Crippen molar-refractivity contribution in [2.75, 3.05) is 0 Å². The molecule has 0 radical (unpaired) electrons. The Kier molecular flexibility index (Phi) is 2.68. The van der Waals surface area contributed by atoms with Gasteiger partial charge in [-0.05, 0) is 17.0 Å². The Morgan fingerprint density at radius 3 is 2.43 bits per heavy atom. The molecule has 3 aromatic rings. The Hall–Kier alpha value is -2.74. The van der Waals surface area contributed by atoms with E-state index in [-0.39, 0.29) is 5.78 Å². The maximum Gasteiger partial charge on any atom is 0.171 e. The lowest BCUT2D eigenvalue weighted by Crippen LogP contribution is -2.14. The van der Waals surface area contributed by atoms with Gasteiger partial charge in [-0.2, -0.15) is 0 Å². The van der Waals surface area contributed by atoms with E-state index in [0.717, 1.165) is 33.3 Å². The van der Waals surface area contributed by atoms with Crippen molar-refractivity contribution in [2.24, 2.45) is 4.99 Å². The minimum atomic E-state index is 0.143. The van der Waals surface area contributed by atoms with Crippen LogP contribution < -0.4 is 0 Å². The normalized spacial score (nSPS) is 13.9. The molecule has 0 N–H and O–H groups in total. The second kappa shape index (κ2) is 4.67. The summed E-state index contributed by atoms with van der Waals surface area (Å²) in [6.45, 7) is 0.